The maximum atomic E-state index is 3.64. The second-order valence-electron chi connectivity index (χ2n) is 3.61. The molecule has 9 heavy (non-hydrogen) atoms. The Morgan fingerprint density at radius 2 is 2.00 bits per heavy atom. The van der Waals surface area contributed by atoms with Crippen LogP contribution in [0.25, 0.3) is 0 Å². The Bertz CT molecular complexity index is 104. The highest BCUT2D eigenvalue weighted by Crippen LogP contribution is 2.32. The quantitative estimate of drug-likeness (QED) is 0.590. The van der Waals surface area contributed by atoms with Gasteiger partial charge in [-0.2, -0.15) is 0 Å². The van der Waals surface area contributed by atoms with Crippen molar-refractivity contribution in [1.29, 1.82) is 0 Å². The summed E-state index contributed by atoms with van der Waals surface area (Å²) in [6, 6.07) is 1.80. The number of rotatable bonds is 2. The SMILES string of the molecule is CC1CC1NC1CCC1. The molecule has 1 nitrogen and oxygen atoms in total. The third kappa shape index (κ3) is 1.11. The Balaban J connectivity index is 1.66. The van der Waals surface area contributed by atoms with Crippen molar-refractivity contribution in [3.8, 4) is 0 Å². The molecule has 0 heterocycles. The Hall–Kier alpha value is -0.0400. The summed E-state index contributed by atoms with van der Waals surface area (Å²) >= 11 is 0. The molecule has 2 rings (SSSR count). The summed E-state index contributed by atoms with van der Waals surface area (Å²) in [5.41, 5.74) is 0. The lowest BCUT2D eigenvalue weighted by atomic mass is 9.93. The standard InChI is InChI=1S/C8H15N/c1-6-5-8(6)9-7-3-2-4-7/h6-9H,2-5H2,1H3. The number of nitrogens with one attached hydrogen (secondary N) is 1. The maximum Gasteiger partial charge on any atom is 0.00989 e. The van der Waals surface area contributed by atoms with Crippen LogP contribution in [0.3, 0.4) is 0 Å². The van der Waals surface area contributed by atoms with Crippen LogP contribution in [-0.2, 0) is 0 Å². The second kappa shape index (κ2) is 1.98. The van der Waals surface area contributed by atoms with E-state index in [4.69, 9.17) is 0 Å². The van der Waals surface area contributed by atoms with Crippen LogP contribution in [0.1, 0.15) is 32.6 Å². The molecule has 2 aliphatic carbocycles. The zero-order valence-corrected chi connectivity index (χ0v) is 6.06. The van der Waals surface area contributed by atoms with Gasteiger partial charge < -0.3 is 5.32 Å². The molecule has 52 valence electrons. The highest BCUT2D eigenvalue weighted by Gasteiger charge is 2.35. The summed E-state index contributed by atoms with van der Waals surface area (Å²) in [4.78, 5) is 0. The molecule has 2 fully saturated rings. The molecule has 0 aromatic rings. The molecule has 1 heteroatoms. The zero-order chi connectivity index (χ0) is 6.27. The largest absolute Gasteiger partial charge is 0.311 e. The molecule has 2 aliphatic rings. The van der Waals surface area contributed by atoms with Gasteiger partial charge >= 0.3 is 0 Å². The van der Waals surface area contributed by atoms with Crippen LogP contribution >= 0.6 is 0 Å². The van der Waals surface area contributed by atoms with Gasteiger partial charge in [0.15, 0.2) is 0 Å². The lowest BCUT2D eigenvalue weighted by Crippen LogP contribution is -2.37. The summed E-state index contributed by atoms with van der Waals surface area (Å²) in [5.74, 6) is 0.977. The first-order chi connectivity index (χ1) is 4.36. The van der Waals surface area contributed by atoms with Gasteiger partial charge in [-0.25, -0.2) is 0 Å². The minimum Gasteiger partial charge on any atom is -0.311 e. The molecule has 2 unspecified atom stereocenters. The lowest BCUT2D eigenvalue weighted by molar-refractivity contribution is 0.333. The molecular formula is C8H15N. The van der Waals surface area contributed by atoms with Crippen molar-refractivity contribution in [2.45, 2.75) is 44.7 Å². The van der Waals surface area contributed by atoms with Crippen LogP contribution in [0.4, 0.5) is 0 Å². The summed E-state index contributed by atoms with van der Waals surface area (Å²) in [5, 5.41) is 3.64. The summed E-state index contributed by atoms with van der Waals surface area (Å²) in [6.45, 7) is 2.33. The zero-order valence-electron chi connectivity index (χ0n) is 6.06. The molecule has 1 N–H and O–H groups in total. The van der Waals surface area contributed by atoms with Crippen molar-refractivity contribution in [2.75, 3.05) is 0 Å². The third-order valence-electron chi connectivity index (χ3n) is 2.66. The summed E-state index contributed by atoms with van der Waals surface area (Å²) in [7, 11) is 0. The summed E-state index contributed by atoms with van der Waals surface area (Å²) in [6.07, 6.45) is 5.75. The van der Waals surface area contributed by atoms with Crippen LogP contribution in [-0.4, -0.2) is 12.1 Å². The van der Waals surface area contributed by atoms with Gasteiger partial charge in [-0.05, 0) is 25.2 Å². The highest BCUT2D eigenvalue weighted by molar-refractivity contribution is 4.93. The van der Waals surface area contributed by atoms with Crippen LogP contribution < -0.4 is 5.32 Å². The van der Waals surface area contributed by atoms with Crippen molar-refractivity contribution in [2.24, 2.45) is 5.92 Å². The monoisotopic (exact) mass is 125 g/mol. The van der Waals surface area contributed by atoms with Crippen molar-refractivity contribution in [1.82, 2.24) is 5.32 Å². The number of hydrogen-bond acceptors (Lipinski definition) is 1. The van der Waals surface area contributed by atoms with E-state index in [1.54, 1.807) is 0 Å². The van der Waals surface area contributed by atoms with E-state index in [0.29, 0.717) is 0 Å². The predicted molar refractivity (Wildman–Crippen MR) is 38.3 cm³/mol. The minimum atomic E-state index is 0.898. The second-order valence-corrected chi connectivity index (χ2v) is 3.61. The first kappa shape index (κ1) is 5.72. The van der Waals surface area contributed by atoms with Gasteiger partial charge in [-0.3, -0.25) is 0 Å². The van der Waals surface area contributed by atoms with Crippen LogP contribution in [0, 0.1) is 5.92 Å². The topological polar surface area (TPSA) is 12.0 Å². The number of hydrogen-bond donors (Lipinski definition) is 1. The van der Waals surface area contributed by atoms with Crippen molar-refractivity contribution >= 4 is 0 Å². The molecule has 0 aromatic carbocycles. The Kier molecular flexibility index (Phi) is 1.26. The fourth-order valence-electron chi connectivity index (χ4n) is 1.43. The van der Waals surface area contributed by atoms with Crippen LogP contribution in [0.5, 0.6) is 0 Å². The molecule has 0 saturated heterocycles. The molecule has 0 aliphatic heterocycles. The van der Waals surface area contributed by atoms with Crippen molar-refractivity contribution in [3.05, 3.63) is 0 Å². The molecule has 0 radical (unpaired) electrons. The fourth-order valence-corrected chi connectivity index (χ4v) is 1.43. The van der Waals surface area contributed by atoms with E-state index in [1.807, 2.05) is 0 Å². The maximum absolute atomic E-state index is 3.64. The lowest BCUT2D eigenvalue weighted by Gasteiger charge is -2.26. The molecule has 2 atom stereocenters. The molecular weight excluding hydrogens is 110 g/mol. The average Bonchev–Trinajstić information content (AvgIpc) is 2.36. The van der Waals surface area contributed by atoms with E-state index in [9.17, 15) is 0 Å². The van der Waals surface area contributed by atoms with Gasteiger partial charge in [0, 0.05) is 12.1 Å². The fraction of sp³-hybridized carbons (Fsp3) is 1.00. The van der Waals surface area contributed by atoms with Gasteiger partial charge in [-0.1, -0.05) is 13.3 Å². The molecule has 2 saturated carbocycles. The first-order valence-electron chi connectivity index (χ1n) is 4.12. The van der Waals surface area contributed by atoms with Gasteiger partial charge in [0.1, 0.15) is 0 Å². The molecule has 0 amide bonds. The van der Waals surface area contributed by atoms with E-state index < -0.39 is 0 Å². The van der Waals surface area contributed by atoms with Gasteiger partial charge in [0.25, 0.3) is 0 Å². The van der Waals surface area contributed by atoms with E-state index >= 15 is 0 Å². The first-order valence-corrected chi connectivity index (χ1v) is 4.12. The van der Waals surface area contributed by atoms with E-state index in [0.717, 1.165) is 18.0 Å². The van der Waals surface area contributed by atoms with Crippen molar-refractivity contribution < 1.29 is 0 Å². The van der Waals surface area contributed by atoms with Crippen molar-refractivity contribution in [3.63, 3.8) is 0 Å². The van der Waals surface area contributed by atoms with Gasteiger partial charge in [-0.15, -0.1) is 0 Å². The Morgan fingerprint density at radius 1 is 1.33 bits per heavy atom. The highest BCUT2D eigenvalue weighted by atomic mass is 15.0. The van der Waals surface area contributed by atoms with Gasteiger partial charge in [0.2, 0.25) is 0 Å². The average molecular weight is 125 g/mol. The minimum absolute atomic E-state index is 0.898. The normalized spacial score (nSPS) is 42.3. The molecule has 0 aromatic heterocycles. The smallest absolute Gasteiger partial charge is 0.00989 e. The molecule has 0 spiro atoms. The third-order valence-corrected chi connectivity index (χ3v) is 2.66. The van der Waals surface area contributed by atoms with E-state index in [2.05, 4.69) is 12.2 Å². The van der Waals surface area contributed by atoms with E-state index in [-0.39, 0.29) is 0 Å². The van der Waals surface area contributed by atoms with E-state index in [1.165, 1.54) is 25.7 Å². The predicted octanol–water partition coefficient (Wildman–Crippen LogP) is 1.54. The Labute approximate surface area is 56.8 Å². The van der Waals surface area contributed by atoms with Crippen LogP contribution in [0.15, 0.2) is 0 Å². The summed E-state index contributed by atoms with van der Waals surface area (Å²) < 4.78 is 0. The van der Waals surface area contributed by atoms with Crippen LogP contribution in [0.2, 0.25) is 0 Å². The Morgan fingerprint density at radius 3 is 2.33 bits per heavy atom. The van der Waals surface area contributed by atoms with Gasteiger partial charge in [0.05, 0.1) is 0 Å². The molecule has 0 bridgehead atoms.